The first-order valence-corrected chi connectivity index (χ1v) is 14.8. The van der Waals surface area contributed by atoms with E-state index in [1.807, 2.05) is 97.1 Å². The molecule has 0 atom stereocenters. The van der Waals surface area contributed by atoms with Gasteiger partial charge in [-0.3, -0.25) is 13.9 Å². The first-order valence-electron chi connectivity index (χ1n) is 14.8. The van der Waals surface area contributed by atoms with Gasteiger partial charge in [0.05, 0.1) is 31.7 Å². The van der Waals surface area contributed by atoms with Crippen molar-refractivity contribution in [2.45, 2.75) is 19.6 Å². The van der Waals surface area contributed by atoms with Crippen LogP contribution < -0.4 is 19.9 Å². The summed E-state index contributed by atoms with van der Waals surface area (Å²) in [6.07, 6.45) is 0.141. The van der Waals surface area contributed by atoms with Gasteiger partial charge in [-0.05, 0) is 46.5 Å². The zero-order valence-electron chi connectivity index (χ0n) is 25.8. The average molecular weight is 616 g/mol. The second-order valence-corrected chi connectivity index (χ2v) is 10.7. The summed E-state index contributed by atoms with van der Waals surface area (Å²) in [5.74, 6) is 0.937. The van der Waals surface area contributed by atoms with Gasteiger partial charge in [-0.2, -0.15) is 4.98 Å². The molecule has 6 aromatic rings. The summed E-state index contributed by atoms with van der Waals surface area (Å²) < 4.78 is 25.9. The van der Waals surface area contributed by atoms with Crippen LogP contribution in [-0.2, 0) is 36.2 Å². The van der Waals surface area contributed by atoms with Gasteiger partial charge < -0.3 is 18.9 Å². The third-order valence-corrected chi connectivity index (χ3v) is 7.71. The standard InChI is InChI=1S/C37H33N3O6/c1-39-32-22-28(29-16-14-27(20-33(29)43-2)21-35(41)44-3)15-17-30(32)40(37(39)42)31-18-19-34(45-23-25-10-6-4-7-11-25)38-36(31)46-24-26-12-8-5-9-13-26/h4-20,22H,21,23-24H2,1-3H3. The highest BCUT2D eigenvalue weighted by molar-refractivity contribution is 5.86. The maximum absolute atomic E-state index is 13.8. The zero-order chi connectivity index (χ0) is 32.0. The number of hydrogen-bond acceptors (Lipinski definition) is 7. The van der Waals surface area contributed by atoms with Crippen molar-refractivity contribution >= 4 is 17.0 Å². The minimum atomic E-state index is -0.329. The number of rotatable bonds is 11. The van der Waals surface area contributed by atoms with Crippen molar-refractivity contribution in [1.82, 2.24) is 14.1 Å². The SMILES string of the molecule is COC(=O)Cc1ccc(-c2ccc3c(c2)n(C)c(=O)n3-c2ccc(OCc3ccccc3)nc2OCc2ccccc2)c(OC)c1. The van der Waals surface area contributed by atoms with E-state index in [-0.39, 0.29) is 30.6 Å². The normalized spacial score (nSPS) is 10.9. The van der Waals surface area contributed by atoms with E-state index < -0.39 is 0 Å². The second-order valence-electron chi connectivity index (χ2n) is 10.7. The van der Waals surface area contributed by atoms with Crippen molar-refractivity contribution in [2.24, 2.45) is 7.05 Å². The first-order chi connectivity index (χ1) is 22.4. The van der Waals surface area contributed by atoms with Crippen molar-refractivity contribution in [3.63, 3.8) is 0 Å². The molecule has 46 heavy (non-hydrogen) atoms. The monoisotopic (exact) mass is 615 g/mol. The molecule has 0 bridgehead atoms. The van der Waals surface area contributed by atoms with Crippen LogP contribution in [0.25, 0.3) is 27.8 Å². The summed E-state index contributed by atoms with van der Waals surface area (Å²) in [6, 6.07) is 34.5. The van der Waals surface area contributed by atoms with E-state index in [2.05, 4.69) is 0 Å². The van der Waals surface area contributed by atoms with Crippen LogP contribution in [0.4, 0.5) is 0 Å². The fraction of sp³-hybridized carbons (Fsp3) is 0.162. The number of nitrogens with zero attached hydrogens (tertiary/aromatic N) is 3. The molecule has 0 spiro atoms. The average Bonchev–Trinajstić information content (AvgIpc) is 3.35. The molecule has 2 aromatic heterocycles. The Labute approximate surface area is 266 Å². The van der Waals surface area contributed by atoms with E-state index in [4.69, 9.17) is 23.9 Å². The molecule has 0 unspecified atom stereocenters. The van der Waals surface area contributed by atoms with Crippen molar-refractivity contribution in [3.8, 4) is 34.3 Å². The Bertz CT molecular complexity index is 2050. The molecule has 0 saturated carbocycles. The molecule has 9 nitrogen and oxygen atoms in total. The van der Waals surface area contributed by atoms with Gasteiger partial charge in [0, 0.05) is 18.7 Å². The third kappa shape index (κ3) is 6.34. The predicted molar refractivity (Wildman–Crippen MR) is 176 cm³/mol. The highest BCUT2D eigenvalue weighted by Crippen LogP contribution is 2.34. The number of aryl methyl sites for hydroxylation is 1. The minimum absolute atomic E-state index is 0.141. The quantitative estimate of drug-likeness (QED) is 0.159. The number of ether oxygens (including phenoxy) is 4. The summed E-state index contributed by atoms with van der Waals surface area (Å²) in [4.78, 5) is 30.3. The Morgan fingerprint density at radius 2 is 1.43 bits per heavy atom. The number of hydrogen-bond donors (Lipinski definition) is 0. The molecule has 0 aliphatic rings. The van der Waals surface area contributed by atoms with Gasteiger partial charge in [0.1, 0.15) is 24.7 Å². The number of aromatic nitrogens is 3. The smallest absolute Gasteiger partial charge is 0.333 e. The fourth-order valence-electron chi connectivity index (χ4n) is 5.29. The van der Waals surface area contributed by atoms with Crippen molar-refractivity contribution in [3.05, 3.63) is 136 Å². The number of pyridine rings is 1. The van der Waals surface area contributed by atoms with Crippen LogP contribution >= 0.6 is 0 Å². The lowest BCUT2D eigenvalue weighted by Gasteiger charge is -2.14. The Balaban J connectivity index is 1.38. The fourth-order valence-corrected chi connectivity index (χ4v) is 5.29. The van der Waals surface area contributed by atoms with Gasteiger partial charge in [-0.25, -0.2) is 4.79 Å². The van der Waals surface area contributed by atoms with Gasteiger partial charge in [-0.1, -0.05) is 78.9 Å². The molecule has 0 aliphatic heterocycles. The lowest BCUT2D eigenvalue weighted by molar-refractivity contribution is -0.139. The number of carbonyl (C=O) groups is 1. The zero-order valence-corrected chi connectivity index (χ0v) is 25.8. The molecular formula is C37H33N3O6. The van der Waals surface area contributed by atoms with E-state index in [1.54, 1.807) is 35.4 Å². The van der Waals surface area contributed by atoms with E-state index in [9.17, 15) is 9.59 Å². The van der Waals surface area contributed by atoms with Gasteiger partial charge in [-0.15, -0.1) is 0 Å². The van der Waals surface area contributed by atoms with Gasteiger partial charge in [0.2, 0.25) is 11.8 Å². The van der Waals surface area contributed by atoms with E-state index in [0.29, 0.717) is 35.0 Å². The summed E-state index contributed by atoms with van der Waals surface area (Å²) in [7, 11) is 4.68. The summed E-state index contributed by atoms with van der Waals surface area (Å²) in [6.45, 7) is 0.605. The molecule has 232 valence electrons. The topological polar surface area (TPSA) is 93.8 Å². The Morgan fingerprint density at radius 3 is 2.11 bits per heavy atom. The number of esters is 1. The lowest BCUT2D eigenvalue weighted by atomic mass is 10.0. The van der Waals surface area contributed by atoms with Crippen LogP contribution in [-0.4, -0.2) is 34.3 Å². The van der Waals surface area contributed by atoms with E-state index in [0.717, 1.165) is 27.8 Å². The van der Waals surface area contributed by atoms with Gasteiger partial charge >= 0.3 is 11.7 Å². The summed E-state index contributed by atoms with van der Waals surface area (Å²) in [5.41, 5.74) is 6.06. The highest BCUT2D eigenvalue weighted by Gasteiger charge is 2.20. The Morgan fingerprint density at radius 1 is 0.739 bits per heavy atom. The van der Waals surface area contributed by atoms with Gasteiger partial charge in [0.15, 0.2) is 0 Å². The molecule has 0 aliphatic carbocycles. The van der Waals surface area contributed by atoms with E-state index in [1.165, 1.54) is 7.11 Å². The summed E-state index contributed by atoms with van der Waals surface area (Å²) in [5, 5.41) is 0. The van der Waals surface area contributed by atoms with Crippen molar-refractivity contribution in [2.75, 3.05) is 14.2 Å². The number of imidazole rings is 1. The first kappa shape index (κ1) is 30.2. The van der Waals surface area contributed by atoms with Crippen LogP contribution in [0.2, 0.25) is 0 Å². The third-order valence-electron chi connectivity index (χ3n) is 7.71. The van der Waals surface area contributed by atoms with Crippen molar-refractivity contribution < 1.29 is 23.7 Å². The molecule has 0 amide bonds. The highest BCUT2D eigenvalue weighted by atomic mass is 16.5. The van der Waals surface area contributed by atoms with Crippen molar-refractivity contribution in [1.29, 1.82) is 0 Å². The molecular weight excluding hydrogens is 582 g/mol. The number of carbonyl (C=O) groups excluding carboxylic acids is 1. The van der Waals surface area contributed by atoms with Crippen LogP contribution in [0, 0.1) is 0 Å². The van der Waals surface area contributed by atoms with Crippen LogP contribution in [0.1, 0.15) is 16.7 Å². The molecule has 0 fully saturated rings. The summed E-state index contributed by atoms with van der Waals surface area (Å²) >= 11 is 0. The second kappa shape index (κ2) is 13.4. The molecule has 2 heterocycles. The number of fused-ring (bicyclic) bond motifs is 1. The number of methoxy groups -OCH3 is 2. The molecule has 0 saturated heterocycles. The Hall–Kier alpha value is -5.83. The molecule has 0 radical (unpaired) electrons. The molecule has 9 heteroatoms. The van der Waals surface area contributed by atoms with E-state index >= 15 is 0 Å². The Kier molecular flexibility index (Phi) is 8.82. The lowest BCUT2D eigenvalue weighted by Crippen LogP contribution is -2.21. The molecule has 4 aromatic carbocycles. The van der Waals surface area contributed by atoms with Crippen LogP contribution in [0.3, 0.4) is 0 Å². The predicted octanol–water partition coefficient (Wildman–Crippen LogP) is 6.27. The van der Waals surface area contributed by atoms with Crippen LogP contribution in [0.15, 0.2) is 114 Å². The van der Waals surface area contributed by atoms with Crippen LogP contribution in [0.5, 0.6) is 17.5 Å². The van der Waals surface area contributed by atoms with Gasteiger partial charge in [0.25, 0.3) is 0 Å². The molecule has 0 N–H and O–H groups in total. The largest absolute Gasteiger partial charge is 0.496 e. The molecule has 6 rings (SSSR count). The maximum Gasteiger partial charge on any atom is 0.333 e. The minimum Gasteiger partial charge on any atom is -0.496 e. The maximum atomic E-state index is 13.8. The number of benzene rings is 4.